The van der Waals surface area contributed by atoms with Crippen LogP contribution in [0.15, 0.2) is 35.9 Å². The summed E-state index contributed by atoms with van der Waals surface area (Å²) in [7, 11) is 0. The van der Waals surface area contributed by atoms with Gasteiger partial charge in [-0.25, -0.2) is 0 Å². The fourth-order valence-electron chi connectivity index (χ4n) is 1.44. The minimum atomic E-state index is 0.717. The number of benzene rings is 1. The topological polar surface area (TPSA) is 12.0 Å². The zero-order valence-electron chi connectivity index (χ0n) is 9.96. The Morgan fingerprint density at radius 1 is 1.27 bits per heavy atom. The van der Waals surface area contributed by atoms with E-state index in [-0.39, 0.29) is 0 Å². The lowest BCUT2D eigenvalue weighted by atomic mass is 10.1. The smallest absolute Gasteiger partial charge is 0.0165 e. The van der Waals surface area contributed by atoms with Crippen LogP contribution in [-0.2, 0) is 0 Å². The van der Waals surface area contributed by atoms with Crippen LogP contribution in [0.3, 0.4) is 0 Å². The van der Waals surface area contributed by atoms with Crippen molar-refractivity contribution in [2.24, 2.45) is 5.92 Å². The molecule has 82 valence electrons. The summed E-state index contributed by atoms with van der Waals surface area (Å²) in [4.78, 5) is 0. The van der Waals surface area contributed by atoms with Gasteiger partial charge >= 0.3 is 0 Å². The Bertz CT molecular complexity index is 298. The van der Waals surface area contributed by atoms with Crippen LogP contribution in [0.25, 0.3) is 6.08 Å². The van der Waals surface area contributed by atoms with Gasteiger partial charge in [0.05, 0.1) is 0 Å². The summed E-state index contributed by atoms with van der Waals surface area (Å²) in [6.45, 7) is 8.68. The Balaban J connectivity index is 2.40. The zero-order valence-corrected chi connectivity index (χ0v) is 9.96. The summed E-state index contributed by atoms with van der Waals surface area (Å²) in [5.41, 5.74) is 2.66. The average Bonchev–Trinajstić information content (AvgIpc) is 2.18. The molecule has 0 amide bonds. The Labute approximate surface area is 93.2 Å². The lowest BCUT2D eigenvalue weighted by Gasteiger charge is -2.07. The second kappa shape index (κ2) is 6.41. The quantitative estimate of drug-likeness (QED) is 0.774. The number of nitrogens with one attached hydrogen (secondary N) is 1. The molecule has 0 fully saturated rings. The predicted molar refractivity (Wildman–Crippen MR) is 67.8 cm³/mol. The van der Waals surface area contributed by atoms with Crippen LogP contribution in [-0.4, -0.2) is 13.1 Å². The largest absolute Gasteiger partial charge is 0.313 e. The lowest BCUT2D eigenvalue weighted by molar-refractivity contribution is 0.572. The maximum absolute atomic E-state index is 3.44. The van der Waals surface area contributed by atoms with Gasteiger partial charge < -0.3 is 5.32 Å². The second-order valence-corrected chi connectivity index (χ2v) is 4.43. The molecule has 1 aromatic rings. The van der Waals surface area contributed by atoms with Gasteiger partial charge in [0, 0.05) is 6.54 Å². The summed E-state index contributed by atoms with van der Waals surface area (Å²) >= 11 is 0. The number of hydrogen-bond donors (Lipinski definition) is 1. The van der Waals surface area contributed by atoms with Crippen LogP contribution >= 0.6 is 0 Å². The van der Waals surface area contributed by atoms with E-state index in [1.54, 1.807) is 0 Å². The third-order valence-corrected chi connectivity index (χ3v) is 2.17. The van der Waals surface area contributed by atoms with Crippen molar-refractivity contribution in [3.63, 3.8) is 0 Å². The molecule has 1 N–H and O–H groups in total. The zero-order chi connectivity index (χ0) is 11.1. The summed E-state index contributed by atoms with van der Waals surface area (Å²) in [5, 5.41) is 3.44. The first kappa shape index (κ1) is 12.0. The van der Waals surface area contributed by atoms with E-state index in [1.165, 1.54) is 11.1 Å². The van der Waals surface area contributed by atoms with Crippen LogP contribution in [0, 0.1) is 5.92 Å². The lowest BCUT2D eigenvalue weighted by Crippen LogP contribution is -2.21. The maximum Gasteiger partial charge on any atom is 0.0165 e. The van der Waals surface area contributed by atoms with Gasteiger partial charge in [0.25, 0.3) is 0 Å². The van der Waals surface area contributed by atoms with Gasteiger partial charge in [-0.2, -0.15) is 0 Å². The highest BCUT2D eigenvalue weighted by Crippen LogP contribution is 2.05. The Kier molecular flexibility index (Phi) is 5.13. The second-order valence-electron chi connectivity index (χ2n) is 4.43. The van der Waals surface area contributed by atoms with Gasteiger partial charge in [0.2, 0.25) is 0 Å². The van der Waals surface area contributed by atoms with Crippen LogP contribution in [0.2, 0.25) is 0 Å². The summed E-state index contributed by atoms with van der Waals surface area (Å²) in [6.07, 6.45) is 2.23. The molecule has 1 heteroatoms. The predicted octanol–water partition coefficient (Wildman–Crippen LogP) is 3.34. The van der Waals surface area contributed by atoms with E-state index in [4.69, 9.17) is 0 Å². The Morgan fingerprint density at radius 2 is 1.93 bits per heavy atom. The fraction of sp³-hybridized carbons (Fsp3) is 0.429. The van der Waals surface area contributed by atoms with Crippen molar-refractivity contribution in [3.05, 3.63) is 41.5 Å². The molecule has 15 heavy (non-hydrogen) atoms. The van der Waals surface area contributed by atoms with Crippen molar-refractivity contribution >= 4 is 6.08 Å². The molecular weight excluding hydrogens is 182 g/mol. The van der Waals surface area contributed by atoms with E-state index < -0.39 is 0 Å². The first-order valence-corrected chi connectivity index (χ1v) is 5.61. The minimum absolute atomic E-state index is 0.717. The van der Waals surface area contributed by atoms with Crippen molar-refractivity contribution < 1.29 is 0 Å². The Morgan fingerprint density at radius 3 is 2.53 bits per heavy atom. The molecule has 0 aromatic heterocycles. The molecule has 0 heterocycles. The molecule has 0 saturated carbocycles. The monoisotopic (exact) mass is 203 g/mol. The molecule has 0 radical (unpaired) electrons. The van der Waals surface area contributed by atoms with Gasteiger partial charge in [-0.3, -0.25) is 0 Å². The minimum Gasteiger partial charge on any atom is -0.313 e. The van der Waals surface area contributed by atoms with Crippen LogP contribution in [0.4, 0.5) is 0 Å². The summed E-state index contributed by atoms with van der Waals surface area (Å²) < 4.78 is 0. The third-order valence-electron chi connectivity index (χ3n) is 2.17. The van der Waals surface area contributed by atoms with Crippen LogP contribution in [0.1, 0.15) is 26.3 Å². The number of hydrogen-bond acceptors (Lipinski definition) is 1. The van der Waals surface area contributed by atoms with Crippen molar-refractivity contribution in [1.82, 2.24) is 5.32 Å². The van der Waals surface area contributed by atoms with E-state index in [0.717, 1.165) is 19.0 Å². The molecule has 1 nitrogen and oxygen atoms in total. The first-order chi connectivity index (χ1) is 7.18. The normalized spacial score (nSPS) is 12.1. The summed E-state index contributed by atoms with van der Waals surface area (Å²) in [6, 6.07) is 10.4. The Hall–Kier alpha value is -1.08. The molecule has 0 saturated heterocycles. The van der Waals surface area contributed by atoms with Gasteiger partial charge in [0.1, 0.15) is 0 Å². The van der Waals surface area contributed by atoms with E-state index in [1.807, 2.05) is 6.07 Å². The molecule has 0 spiro atoms. The van der Waals surface area contributed by atoms with Crippen LogP contribution in [0.5, 0.6) is 0 Å². The molecule has 0 bridgehead atoms. The molecule has 0 aliphatic carbocycles. The van der Waals surface area contributed by atoms with Crippen molar-refractivity contribution in [1.29, 1.82) is 0 Å². The molecule has 0 aliphatic rings. The first-order valence-electron chi connectivity index (χ1n) is 5.61. The highest BCUT2D eigenvalue weighted by atomic mass is 14.8. The SMILES string of the molecule is CC(=Cc1ccccc1)CNCC(C)C. The number of rotatable bonds is 5. The van der Waals surface area contributed by atoms with Crippen LogP contribution < -0.4 is 5.32 Å². The van der Waals surface area contributed by atoms with E-state index in [2.05, 4.69) is 56.4 Å². The highest BCUT2D eigenvalue weighted by Gasteiger charge is 1.94. The third kappa shape index (κ3) is 5.38. The van der Waals surface area contributed by atoms with E-state index in [0.29, 0.717) is 0 Å². The van der Waals surface area contributed by atoms with Crippen molar-refractivity contribution in [3.8, 4) is 0 Å². The average molecular weight is 203 g/mol. The van der Waals surface area contributed by atoms with E-state index >= 15 is 0 Å². The van der Waals surface area contributed by atoms with Gasteiger partial charge in [0.15, 0.2) is 0 Å². The van der Waals surface area contributed by atoms with Gasteiger partial charge in [-0.15, -0.1) is 0 Å². The molecule has 0 unspecified atom stereocenters. The molecule has 0 aliphatic heterocycles. The molecule has 1 rings (SSSR count). The standard InChI is InChI=1S/C14H21N/c1-12(2)10-15-11-13(3)9-14-7-5-4-6-8-14/h4-9,12,15H,10-11H2,1-3H3. The van der Waals surface area contributed by atoms with Gasteiger partial charge in [-0.1, -0.05) is 55.8 Å². The molecule has 0 atom stereocenters. The molecular formula is C14H21N. The van der Waals surface area contributed by atoms with E-state index in [9.17, 15) is 0 Å². The van der Waals surface area contributed by atoms with Crippen molar-refractivity contribution in [2.75, 3.05) is 13.1 Å². The maximum atomic E-state index is 3.44. The summed E-state index contributed by atoms with van der Waals surface area (Å²) in [5.74, 6) is 0.717. The molecule has 1 aromatic carbocycles. The highest BCUT2D eigenvalue weighted by molar-refractivity contribution is 5.52. The van der Waals surface area contributed by atoms with Crippen molar-refractivity contribution in [2.45, 2.75) is 20.8 Å². The van der Waals surface area contributed by atoms with Gasteiger partial charge in [-0.05, 0) is 24.9 Å². The fourth-order valence-corrected chi connectivity index (χ4v) is 1.44.